The summed E-state index contributed by atoms with van der Waals surface area (Å²) in [6.07, 6.45) is 5.07. The molecule has 2 aromatic rings. The number of carbonyl (C=O) groups is 1. The van der Waals surface area contributed by atoms with Crippen molar-refractivity contribution in [3.8, 4) is 0 Å². The van der Waals surface area contributed by atoms with Gasteiger partial charge in [0.15, 0.2) is 0 Å². The smallest absolute Gasteiger partial charge is 0.243 e. The van der Waals surface area contributed by atoms with Crippen LogP contribution in [0.2, 0.25) is 0 Å². The number of amides is 1. The van der Waals surface area contributed by atoms with Crippen LogP contribution >= 0.6 is 0 Å². The third-order valence-electron chi connectivity index (χ3n) is 6.48. The van der Waals surface area contributed by atoms with Gasteiger partial charge in [0.2, 0.25) is 15.9 Å². The van der Waals surface area contributed by atoms with Gasteiger partial charge in [-0.05, 0) is 61.4 Å². The molecule has 31 heavy (non-hydrogen) atoms. The molecule has 1 aliphatic carbocycles. The van der Waals surface area contributed by atoms with Gasteiger partial charge in [0.25, 0.3) is 0 Å². The van der Waals surface area contributed by atoms with E-state index in [1.807, 2.05) is 24.3 Å². The standard InChI is InChI=1S/C24H32N2O4S/c1-18-16-22(18)23-12-9-20(30-23)17-25(2)24(27)13-8-19-6-10-21(11-7-19)31(28,29)26-14-4-3-5-15-26/h6-7,9-12,18,22H,3-5,8,13-17H2,1-2H3/t18-,22-/m0/s1. The highest BCUT2D eigenvalue weighted by Gasteiger charge is 2.36. The Kier molecular flexibility index (Phi) is 6.53. The lowest BCUT2D eigenvalue weighted by Gasteiger charge is -2.25. The Labute approximate surface area is 185 Å². The van der Waals surface area contributed by atoms with Crippen molar-refractivity contribution in [1.82, 2.24) is 9.21 Å². The molecule has 2 aliphatic rings. The van der Waals surface area contributed by atoms with E-state index in [0.717, 1.165) is 36.3 Å². The van der Waals surface area contributed by atoms with Crippen molar-refractivity contribution in [3.05, 3.63) is 53.5 Å². The highest BCUT2D eigenvalue weighted by atomic mass is 32.2. The number of benzene rings is 1. The molecular weight excluding hydrogens is 412 g/mol. The minimum atomic E-state index is -3.41. The molecule has 2 heterocycles. The average molecular weight is 445 g/mol. The van der Waals surface area contributed by atoms with Crippen LogP contribution in [0.5, 0.6) is 0 Å². The molecule has 4 rings (SSSR count). The SMILES string of the molecule is C[C@H]1C[C@@H]1c1ccc(CN(C)C(=O)CCc2ccc(S(=O)(=O)N3CCCCC3)cc2)o1. The number of aryl methyl sites for hydroxylation is 1. The molecule has 7 heteroatoms. The van der Waals surface area contributed by atoms with Gasteiger partial charge in [-0.2, -0.15) is 4.31 Å². The van der Waals surface area contributed by atoms with Crippen LogP contribution in [0.3, 0.4) is 0 Å². The Balaban J connectivity index is 1.28. The molecule has 1 amide bonds. The summed E-state index contributed by atoms with van der Waals surface area (Å²) >= 11 is 0. The lowest BCUT2D eigenvalue weighted by atomic mass is 10.1. The van der Waals surface area contributed by atoms with E-state index in [4.69, 9.17) is 4.42 Å². The first-order chi connectivity index (χ1) is 14.8. The van der Waals surface area contributed by atoms with Crippen molar-refractivity contribution >= 4 is 15.9 Å². The van der Waals surface area contributed by atoms with Crippen LogP contribution in [-0.4, -0.2) is 43.7 Å². The van der Waals surface area contributed by atoms with E-state index in [1.54, 1.807) is 28.4 Å². The minimum Gasteiger partial charge on any atom is -0.464 e. The fraction of sp³-hybridized carbons (Fsp3) is 0.542. The number of carbonyl (C=O) groups excluding carboxylic acids is 1. The second-order valence-electron chi connectivity index (χ2n) is 8.98. The molecule has 2 atom stereocenters. The van der Waals surface area contributed by atoms with Crippen LogP contribution in [-0.2, 0) is 27.8 Å². The highest BCUT2D eigenvalue weighted by Crippen LogP contribution is 2.47. The summed E-state index contributed by atoms with van der Waals surface area (Å²) < 4.78 is 33.0. The molecule has 0 unspecified atom stereocenters. The number of rotatable bonds is 8. The van der Waals surface area contributed by atoms with Crippen molar-refractivity contribution in [2.24, 2.45) is 5.92 Å². The molecule has 0 radical (unpaired) electrons. The molecule has 6 nitrogen and oxygen atoms in total. The molecular formula is C24H32N2O4S. The van der Waals surface area contributed by atoms with E-state index < -0.39 is 10.0 Å². The van der Waals surface area contributed by atoms with Crippen LogP contribution in [0.1, 0.15) is 62.0 Å². The Morgan fingerprint density at radius 3 is 2.42 bits per heavy atom. The summed E-state index contributed by atoms with van der Waals surface area (Å²) in [7, 11) is -1.62. The summed E-state index contributed by atoms with van der Waals surface area (Å²) in [6.45, 7) is 3.88. The predicted octanol–water partition coefficient (Wildman–Crippen LogP) is 4.17. The van der Waals surface area contributed by atoms with Crippen molar-refractivity contribution in [2.45, 2.75) is 62.8 Å². The van der Waals surface area contributed by atoms with Crippen LogP contribution in [0.4, 0.5) is 0 Å². The van der Waals surface area contributed by atoms with E-state index in [2.05, 4.69) is 6.92 Å². The number of sulfonamides is 1. The zero-order valence-corrected chi connectivity index (χ0v) is 19.2. The number of nitrogens with zero attached hydrogens (tertiary/aromatic N) is 2. The number of furan rings is 1. The molecule has 0 N–H and O–H groups in total. The van der Waals surface area contributed by atoms with Gasteiger partial charge in [-0.3, -0.25) is 4.79 Å². The zero-order valence-electron chi connectivity index (χ0n) is 18.4. The lowest BCUT2D eigenvalue weighted by Crippen LogP contribution is -2.35. The van der Waals surface area contributed by atoms with E-state index in [9.17, 15) is 13.2 Å². The second-order valence-corrected chi connectivity index (χ2v) is 10.9. The van der Waals surface area contributed by atoms with E-state index in [1.165, 1.54) is 6.42 Å². The third-order valence-corrected chi connectivity index (χ3v) is 8.39. The first kappa shape index (κ1) is 22.1. The van der Waals surface area contributed by atoms with Crippen LogP contribution in [0, 0.1) is 5.92 Å². The zero-order chi connectivity index (χ0) is 22.0. The molecule has 1 aliphatic heterocycles. The van der Waals surface area contributed by atoms with Crippen LogP contribution in [0.15, 0.2) is 45.7 Å². The largest absolute Gasteiger partial charge is 0.464 e. The molecule has 0 bridgehead atoms. The highest BCUT2D eigenvalue weighted by molar-refractivity contribution is 7.89. The summed E-state index contributed by atoms with van der Waals surface area (Å²) in [5.74, 6) is 3.12. The van der Waals surface area contributed by atoms with Crippen LogP contribution < -0.4 is 0 Å². The van der Waals surface area contributed by atoms with E-state index in [-0.39, 0.29) is 5.91 Å². The van der Waals surface area contributed by atoms with Gasteiger partial charge in [0.05, 0.1) is 11.4 Å². The molecule has 1 aromatic carbocycles. The summed E-state index contributed by atoms with van der Waals surface area (Å²) in [4.78, 5) is 14.6. The van der Waals surface area contributed by atoms with Gasteiger partial charge in [0, 0.05) is 32.5 Å². The third kappa shape index (κ3) is 5.21. The molecule has 1 saturated heterocycles. The van der Waals surface area contributed by atoms with Gasteiger partial charge in [0.1, 0.15) is 11.5 Å². The van der Waals surface area contributed by atoms with E-state index in [0.29, 0.717) is 49.2 Å². The van der Waals surface area contributed by atoms with Gasteiger partial charge < -0.3 is 9.32 Å². The Bertz CT molecular complexity index is 1010. The second kappa shape index (κ2) is 9.17. The van der Waals surface area contributed by atoms with Crippen molar-refractivity contribution in [2.75, 3.05) is 20.1 Å². The fourth-order valence-electron chi connectivity index (χ4n) is 4.24. The average Bonchev–Trinajstić information content (AvgIpc) is 3.33. The summed E-state index contributed by atoms with van der Waals surface area (Å²) in [5.41, 5.74) is 0.961. The quantitative estimate of drug-likeness (QED) is 0.613. The maximum atomic E-state index is 12.7. The van der Waals surface area contributed by atoms with Gasteiger partial charge in [-0.15, -0.1) is 0 Å². The topological polar surface area (TPSA) is 70.8 Å². The van der Waals surface area contributed by atoms with Crippen molar-refractivity contribution in [3.63, 3.8) is 0 Å². The molecule has 0 spiro atoms. The number of hydrogen-bond acceptors (Lipinski definition) is 4. The van der Waals surface area contributed by atoms with Crippen molar-refractivity contribution in [1.29, 1.82) is 0 Å². The molecule has 1 saturated carbocycles. The molecule has 1 aromatic heterocycles. The maximum Gasteiger partial charge on any atom is 0.243 e. The fourth-order valence-corrected chi connectivity index (χ4v) is 5.76. The van der Waals surface area contributed by atoms with Crippen molar-refractivity contribution < 1.29 is 17.6 Å². The first-order valence-electron chi connectivity index (χ1n) is 11.3. The molecule has 2 fully saturated rings. The number of piperidine rings is 1. The summed E-state index contributed by atoms with van der Waals surface area (Å²) in [5, 5.41) is 0. The number of hydrogen-bond donors (Lipinski definition) is 0. The first-order valence-corrected chi connectivity index (χ1v) is 12.7. The monoisotopic (exact) mass is 444 g/mol. The van der Waals surface area contributed by atoms with Crippen LogP contribution in [0.25, 0.3) is 0 Å². The van der Waals surface area contributed by atoms with Gasteiger partial charge in [-0.1, -0.05) is 25.5 Å². The normalized spacial score (nSPS) is 21.7. The van der Waals surface area contributed by atoms with Gasteiger partial charge in [-0.25, -0.2) is 8.42 Å². The minimum absolute atomic E-state index is 0.0442. The Hall–Kier alpha value is -2.12. The lowest BCUT2D eigenvalue weighted by molar-refractivity contribution is -0.130. The summed E-state index contributed by atoms with van der Waals surface area (Å²) in [6, 6.07) is 11.0. The Morgan fingerprint density at radius 1 is 1.10 bits per heavy atom. The van der Waals surface area contributed by atoms with E-state index >= 15 is 0 Å². The Morgan fingerprint density at radius 2 is 1.77 bits per heavy atom. The predicted molar refractivity (Wildman–Crippen MR) is 119 cm³/mol. The molecule has 168 valence electrons. The van der Waals surface area contributed by atoms with Gasteiger partial charge >= 0.3 is 0 Å². The maximum absolute atomic E-state index is 12.7.